The molecule has 0 spiro atoms. The number of carbonyl (C=O) groups is 2. The van der Waals surface area contributed by atoms with Crippen molar-refractivity contribution < 1.29 is 18.7 Å². The molecule has 2 aliphatic rings. The van der Waals surface area contributed by atoms with Gasteiger partial charge in [-0.3, -0.25) is 9.59 Å². The number of hydrogen-bond acceptors (Lipinski definition) is 6. The van der Waals surface area contributed by atoms with E-state index in [2.05, 4.69) is 15.5 Å². The van der Waals surface area contributed by atoms with Gasteiger partial charge < -0.3 is 14.5 Å². The number of halogens is 1. The van der Waals surface area contributed by atoms with Crippen LogP contribution in [0.5, 0.6) is 0 Å². The number of benzene rings is 1. The second kappa shape index (κ2) is 9.51. The van der Waals surface area contributed by atoms with Gasteiger partial charge in [0.05, 0.1) is 13.2 Å². The molecule has 0 N–H and O–H groups in total. The lowest BCUT2D eigenvalue weighted by Gasteiger charge is -2.36. The van der Waals surface area contributed by atoms with E-state index in [1.165, 1.54) is 16.8 Å². The summed E-state index contributed by atoms with van der Waals surface area (Å²) >= 11 is 0. The number of aryl methyl sites for hydroxylation is 1. The number of rotatable bonds is 5. The highest BCUT2D eigenvalue weighted by Gasteiger charge is 2.34. The van der Waals surface area contributed by atoms with Gasteiger partial charge in [-0.25, -0.2) is 9.07 Å². The lowest BCUT2D eigenvalue weighted by Crippen LogP contribution is -2.49. The molecule has 2 saturated heterocycles. The number of tetrazole rings is 1. The molecule has 0 aliphatic carbocycles. The van der Waals surface area contributed by atoms with Gasteiger partial charge in [0.15, 0.2) is 0 Å². The van der Waals surface area contributed by atoms with E-state index < -0.39 is 6.04 Å². The highest BCUT2D eigenvalue weighted by atomic mass is 19.1. The molecule has 1 aromatic carbocycles. The van der Waals surface area contributed by atoms with E-state index in [1.54, 1.807) is 24.0 Å². The Bertz CT molecular complexity index is 921. The highest BCUT2D eigenvalue weighted by molar-refractivity contribution is 5.82. The summed E-state index contributed by atoms with van der Waals surface area (Å²) in [5.74, 6) is 0.144. The van der Waals surface area contributed by atoms with E-state index in [-0.39, 0.29) is 30.0 Å². The van der Waals surface area contributed by atoms with Crippen molar-refractivity contribution in [3.63, 3.8) is 0 Å². The van der Waals surface area contributed by atoms with Gasteiger partial charge in [0.2, 0.25) is 11.8 Å². The topological polar surface area (TPSA) is 93.5 Å². The second-order valence-corrected chi connectivity index (χ2v) is 8.06. The Morgan fingerprint density at radius 3 is 2.55 bits per heavy atom. The van der Waals surface area contributed by atoms with Crippen LogP contribution < -0.4 is 0 Å². The molecule has 1 atom stereocenters. The molecule has 4 rings (SSSR count). The third-order valence-electron chi connectivity index (χ3n) is 6.03. The summed E-state index contributed by atoms with van der Waals surface area (Å²) in [5.41, 5.74) is 0.700. The molecule has 10 heteroatoms. The molecule has 3 heterocycles. The van der Waals surface area contributed by atoms with Crippen LogP contribution in [-0.2, 0) is 20.7 Å². The molecule has 166 valence electrons. The maximum Gasteiger partial charge on any atom is 0.247 e. The highest BCUT2D eigenvalue weighted by Crippen LogP contribution is 2.24. The Morgan fingerprint density at radius 2 is 1.90 bits per heavy atom. The molecule has 2 fully saturated rings. The van der Waals surface area contributed by atoms with Crippen molar-refractivity contribution in [3.05, 3.63) is 41.5 Å². The SMILES string of the molecule is Cc1nnnn1[C@@H](Cc1cccc(F)c1)C(=O)N1CCC(C(=O)N2CCOCC2)CC1. The molecule has 0 bridgehead atoms. The van der Waals surface area contributed by atoms with E-state index in [4.69, 9.17) is 4.74 Å². The van der Waals surface area contributed by atoms with Crippen LogP contribution in [0, 0.1) is 18.7 Å². The molecule has 0 saturated carbocycles. The van der Waals surface area contributed by atoms with Gasteiger partial charge in [0.25, 0.3) is 0 Å². The fraction of sp³-hybridized carbons (Fsp3) is 0.571. The maximum absolute atomic E-state index is 13.7. The van der Waals surface area contributed by atoms with Crippen LogP contribution in [0.4, 0.5) is 4.39 Å². The van der Waals surface area contributed by atoms with Crippen LogP contribution >= 0.6 is 0 Å². The Kier molecular flexibility index (Phi) is 6.55. The third-order valence-corrected chi connectivity index (χ3v) is 6.03. The van der Waals surface area contributed by atoms with E-state index >= 15 is 0 Å². The van der Waals surface area contributed by atoms with Crippen molar-refractivity contribution in [2.45, 2.75) is 32.2 Å². The quantitative estimate of drug-likeness (QED) is 0.703. The number of piperidine rings is 1. The summed E-state index contributed by atoms with van der Waals surface area (Å²) in [6.07, 6.45) is 1.54. The first kappa shape index (κ1) is 21.4. The lowest BCUT2D eigenvalue weighted by molar-refractivity contribution is -0.144. The smallest absolute Gasteiger partial charge is 0.247 e. The minimum atomic E-state index is -0.664. The van der Waals surface area contributed by atoms with Gasteiger partial charge in [0, 0.05) is 38.5 Å². The van der Waals surface area contributed by atoms with E-state index in [1.807, 2.05) is 4.90 Å². The number of ether oxygens (including phenoxy) is 1. The fourth-order valence-corrected chi connectivity index (χ4v) is 4.29. The number of amides is 2. The number of hydrogen-bond donors (Lipinski definition) is 0. The van der Waals surface area contributed by atoms with Gasteiger partial charge >= 0.3 is 0 Å². The molecule has 0 radical (unpaired) electrons. The number of morpholine rings is 1. The first-order valence-electron chi connectivity index (χ1n) is 10.7. The zero-order valence-electron chi connectivity index (χ0n) is 17.6. The Labute approximate surface area is 180 Å². The van der Waals surface area contributed by atoms with Crippen LogP contribution in [0.3, 0.4) is 0 Å². The standard InChI is InChI=1S/C21H27FN6O3/c1-15-23-24-25-28(15)19(14-16-3-2-4-18(22)13-16)21(30)26-7-5-17(6-8-26)20(29)27-9-11-31-12-10-27/h2-4,13,17,19H,5-12,14H2,1H3/t19-/m0/s1. The van der Waals surface area contributed by atoms with E-state index in [0.29, 0.717) is 63.6 Å². The van der Waals surface area contributed by atoms with Crippen LogP contribution in [0.2, 0.25) is 0 Å². The van der Waals surface area contributed by atoms with Crippen LogP contribution in [-0.4, -0.2) is 81.2 Å². The van der Waals surface area contributed by atoms with Crippen molar-refractivity contribution in [3.8, 4) is 0 Å². The second-order valence-electron chi connectivity index (χ2n) is 8.06. The minimum Gasteiger partial charge on any atom is -0.378 e. The zero-order valence-corrected chi connectivity index (χ0v) is 17.6. The molecule has 2 aliphatic heterocycles. The summed E-state index contributed by atoms with van der Waals surface area (Å²) in [5, 5.41) is 11.6. The number of nitrogens with zero attached hydrogens (tertiary/aromatic N) is 6. The van der Waals surface area contributed by atoms with Gasteiger partial charge in [-0.2, -0.15) is 0 Å². The van der Waals surface area contributed by atoms with Gasteiger partial charge in [-0.05, 0) is 47.9 Å². The molecule has 9 nitrogen and oxygen atoms in total. The molecule has 31 heavy (non-hydrogen) atoms. The van der Waals surface area contributed by atoms with Gasteiger partial charge in [0.1, 0.15) is 17.7 Å². The average Bonchev–Trinajstić information content (AvgIpc) is 3.23. The van der Waals surface area contributed by atoms with E-state index in [0.717, 1.165) is 0 Å². The molecule has 2 amide bonds. The van der Waals surface area contributed by atoms with Gasteiger partial charge in [-0.15, -0.1) is 5.10 Å². The summed E-state index contributed by atoms with van der Waals surface area (Å²) in [6, 6.07) is 5.55. The normalized spacial score (nSPS) is 18.8. The Morgan fingerprint density at radius 1 is 1.16 bits per heavy atom. The predicted octanol–water partition coefficient (Wildman–Crippen LogP) is 1.00. The van der Waals surface area contributed by atoms with Crippen molar-refractivity contribution in [2.75, 3.05) is 39.4 Å². The summed E-state index contributed by atoms with van der Waals surface area (Å²) < 4.78 is 20.5. The monoisotopic (exact) mass is 430 g/mol. The molecular formula is C21H27FN6O3. The maximum atomic E-state index is 13.7. The van der Waals surface area contributed by atoms with Crippen molar-refractivity contribution >= 4 is 11.8 Å². The number of aromatic nitrogens is 4. The summed E-state index contributed by atoms with van der Waals surface area (Å²) in [6.45, 7) is 5.16. The van der Waals surface area contributed by atoms with Gasteiger partial charge in [-0.1, -0.05) is 12.1 Å². The first-order chi connectivity index (χ1) is 15.0. The van der Waals surface area contributed by atoms with E-state index in [9.17, 15) is 14.0 Å². The predicted molar refractivity (Wildman–Crippen MR) is 108 cm³/mol. The average molecular weight is 430 g/mol. The molecule has 2 aromatic rings. The largest absolute Gasteiger partial charge is 0.378 e. The first-order valence-corrected chi connectivity index (χ1v) is 10.7. The lowest BCUT2D eigenvalue weighted by atomic mass is 9.94. The van der Waals surface area contributed by atoms with Crippen molar-refractivity contribution in [1.29, 1.82) is 0 Å². The minimum absolute atomic E-state index is 0.0707. The zero-order chi connectivity index (χ0) is 21.8. The van der Waals surface area contributed by atoms with Crippen molar-refractivity contribution in [2.24, 2.45) is 5.92 Å². The molecule has 1 aromatic heterocycles. The number of likely N-dealkylation sites (tertiary alicyclic amines) is 1. The molecular weight excluding hydrogens is 403 g/mol. The molecule has 0 unspecified atom stereocenters. The van der Waals surface area contributed by atoms with Crippen LogP contribution in [0.25, 0.3) is 0 Å². The summed E-state index contributed by atoms with van der Waals surface area (Å²) in [7, 11) is 0. The Hall–Kier alpha value is -2.88. The van der Waals surface area contributed by atoms with Crippen LogP contribution in [0.15, 0.2) is 24.3 Å². The summed E-state index contributed by atoms with van der Waals surface area (Å²) in [4.78, 5) is 29.8. The van der Waals surface area contributed by atoms with Crippen LogP contribution in [0.1, 0.15) is 30.3 Å². The Balaban J connectivity index is 1.44. The number of carbonyl (C=O) groups excluding carboxylic acids is 2. The fourth-order valence-electron chi connectivity index (χ4n) is 4.29. The van der Waals surface area contributed by atoms with Crippen molar-refractivity contribution in [1.82, 2.24) is 30.0 Å². The third kappa shape index (κ3) is 4.90.